The molecule has 202 valence electrons. The molecule has 8 rings (SSSR count). The lowest BCUT2D eigenvalue weighted by Gasteiger charge is -2.21. The molecule has 2 atom stereocenters. The zero-order valence-electron chi connectivity index (χ0n) is 22.3. The fourth-order valence-corrected chi connectivity index (χ4v) is 6.45. The van der Waals surface area contributed by atoms with Gasteiger partial charge in [-0.25, -0.2) is 19.6 Å². The van der Waals surface area contributed by atoms with Crippen molar-refractivity contribution in [1.82, 2.24) is 34.6 Å². The first-order chi connectivity index (χ1) is 20.1. The standard InChI is InChI=1S/C32H28N8O/c33-30-25(3-1-14-34-30)31-37-28-12-13-29(39-16-2-15-35-39)38-32(28)40(31)21-6-8-23-19(17-21)4-10-26(23)36-27-11-5-20-18-22(41)7-9-24(20)27/h1-3,6-9,12-18,26-27,36,41H,4-5,10-11H2,(H2,33,34)/t26-,27?/m0/s1. The summed E-state index contributed by atoms with van der Waals surface area (Å²) in [5.41, 5.74) is 14.8. The second kappa shape index (κ2) is 9.28. The van der Waals surface area contributed by atoms with Crippen LogP contribution in [-0.4, -0.2) is 34.4 Å². The Bertz CT molecular complexity index is 1930. The number of pyridine rings is 2. The molecule has 2 aliphatic carbocycles. The first kappa shape index (κ1) is 23.8. The number of benzene rings is 2. The molecular formula is C32H28N8O. The number of nitrogens with two attached hydrogens (primary N) is 1. The number of fused-ring (bicyclic) bond motifs is 3. The molecular weight excluding hydrogens is 512 g/mol. The number of aryl methyl sites for hydroxylation is 2. The van der Waals surface area contributed by atoms with Crippen molar-refractivity contribution in [2.75, 3.05) is 5.73 Å². The Kier molecular flexibility index (Phi) is 5.39. The lowest BCUT2D eigenvalue weighted by atomic mass is 10.0. The lowest BCUT2D eigenvalue weighted by molar-refractivity contribution is 0.440. The molecule has 4 heterocycles. The smallest absolute Gasteiger partial charge is 0.167 e. The van der Waals surface area contributed by atoms with Crippen LogP contribution in [0.15, 0.2) is 85.3 Å². The number of hydrogen-bond acceptors (Lipinski definition) is 7. The summed E-state index contributed by atoms with van der Waals surface area (Å²) in [6.45, 7) is 0. The largest absolute Gasteiger partial charge is 0.508 e. The number of aromatic hydroxyl groups is 1. The van der Waals surface area contributed by atoms with Crippen LogP contribution >= 0.6 is 0 Å². The number of imidazole rings is 1. The fraction of sp³-hybridized carbons (Fsp3) is 0.188. The summed E-state index contributed by atoms with van der Waals surface area (Å²) in [4.78, 5) is 14.3. The van der Waals surface area contributed by atoms with Crippen LogP contribution in [0.2, 0.25) is 0 Å². The highest BCUT2D eigenvalue weighted by Gasteiger charge is 2.30. The van der Waals surface area contributed by atoms with Gasteiger partial charge in [0.25, 0.3) is 0 Å². The summed E-state index contributed by atoms with van der Waals surface area (Å²) in [5, 5.41) is 18.2. The highest BCUT2D eigenvalue weighted by Crippen LogP contribution is 2.40. The number of hydrogen-bond donors (Lipinski definition) is 3. The summed E-state index contributed by atoms with van der Waals surface area (Å²) in [5.74, 6) is 2.18. The molecule has 0 saturated heterocycles. The maximum absolute atomic E-state index is 9.89. The Morgan fingerprint density at radius 2 is 1.66 bits per heavy atom. The van der Waals surface area contributed by atoms with Gasteiger partial charge in [-0.05, 0) is 103 Å². The molecule has 6 aromatic rings. The molecule has 2 aromatic carbocycles. The first-order valence-corrected chi connectivity index (χ1v) is 13.9. The van der Waals surface area contributed by atoms with Crippen molar-refractivity contribution in [2.24, 2.45) is 0 Å². The first-order valence-electron chi connectivity index (χ1n) is 13.9. The highest BCUT2D eigenvalue weighted by atomic mass is 16.3. The van der Waals surface area contributed by atoms with Crippen LogP contribution in [0.3, 0.4) is 0 Å². The van der Waals surface area contributed by atoms with Gasteiger partial charge < -0.3 is 16.2 Å². The number of nitrogens with zero attached hydrogens (tertiary/aromatic N) is 6. The Hall–Kier alpha value is -5.02. The van der Waals surface area contributed by atoms with E-state index in [-0.39, 0.29) is 6.04 Å². The van der Waals surface area contributed by atoms with Crippen molar-refractivity contribution in [3.63, 3.8) is 0 Å². The molecule has 0 radical (unpaired) electrons. The summed E-state index contributed by atoms with van der Waals surface area (Å²) in [6.07, 6.45) is 9.36. The van der Waals surface area contributed by atoms with E-state index in [1.54, 1.807) is 23.1 Å². The maximum Gasteiger partial charge on any atom is 0.167 e. The molecule has 0 amide bonds. The average Bonchev–Trinajstić information content (AvgIpc) is 3.79. The summed E-state index contributed by atoms with van der Waals surface area (Å²) in [6, 6.07) is 22.6. The number of phenols is 1. The maximum atomic E-state index is 9.89. The second-order valence-corrected chi connectivity index (χ2v) is 10.8. The van der Waals surface area contributed by atoms with Crippen molar-refractivity contribution in [2.45, 2.75) is 37.8 Å². The molecule has 4 N–H and O–H groups in total. The van der Waals surface area contributed by atoms with Gasteiger partial charge in [-0.15, -0.1) is 0 Å². The van der Waals surface area contributed by atoms with Crippen molar-refractivity contribution in [1.29, 1.82) is 0 Å². The van der Waals surface area contributed by atoms with Gasteiger partial charge in [0.2, 0.25) is 0 Å². The van der Waals surface area contributed by atoms with Gasteiger partial charge in [0.1, 0.15) is 17.1 Å². The minimum Gasteiger partial charge on any atom is -0.508 e. The van der Waals surface area contributed by atoms with E-state index in [1.807, 2.05) is 42.6 Å². The molecule has 41 heavy (non-hydrogen) atoms. The van der Waals surface area contributed by atoms with Crippen LogP contribution < -0.4 is 11.1 Å². The van der Waals surface area contributed by atoms with E-state index in [0.717, 1.165) is 48.1 Å². The Morgan fingerprint density at radius 3 is 2.44 bits per heavy atom. The highest BCUT2D eigenvalue weighted by molar-refractivity contribution is 5.83. The van der Waals surface area contributed by atoms with E-state index >= 15 is 0 Å². The zero-order chi connectivity index (χ0) is 27.5. The number of nitrogens with one attached hydrogen (secondary N) is 1. The molecule has 9 heteroatoms. The van der Waals surface area contributed by atoms with Crippen LogP contribution in [0.25, 0.3) is 34.1 Å². The SMILES string of the molecule is Nc1ncccc1-c1nc2ccc(-n3cccn3)nc2n1-c1ccc2c(c1)CC[C@@H]2NC1CCc2cc(O)ccc21. The topological polar surface area (TPSA) is 120 Å². The third-order valence-electron chi connectivity index (χ3n) is 8.38. The lowest BCUT2D eigenvalue weighted by Crippen LogP contribution is -2.23. The second-order valence-electron chi connectivity index (χ2n) is 10.8. The fourth-order valence-electron chi connectivity index (χ4n) is 6.45. The summed E-state index contributed by atoms with van der Waals surface area (Å²) in [7, 11) is 0. The zero-order valence-corrected chi connectivity index (χ0v) is 22.3. The number of aromatic nitrogens is 6. The number of anilines is 1. The quantitative estimate of drug-likeness (QED) is 0.274. The van der Waals surface area contributed by atoms with Gasteiger partial charge in [0, 0.05) is 36.4 Å². The van der Waals surface area contributed by atoms with E-state index in [1.165, 1.54) is 22.3 Å². The van der Waals surface area contributed by atoms with E-state index < -0.39 is 0 Å². The van der Waals surface area contributed by atoms with E-state index in [4.69, 9.17) is 15.7 Å². The Balaban J connectivity index is 1.20. The molecule has 0 saturated carbocycles. The van der Waals surface area contributed by atoms with Crippen molar-refractivity contribution in [3.05, 3.63) is 108 Å². The third kappa shape index (κ3) is 3.96. The van der Waals surface area contributed by atoms with Gasteiger partial charge in [-0.1, -0.05) is 12.1 Å². The van der Waals surface area contributed by atoms with Gasteiger partial charge in [0.05, 0.1) is 5.56 Å². The van der Waals surface area contributed by atoms with Gasteiger partial charge in [-0.2, -0.15) is 5.10 Å². The molecule has 0 aliphatic heterocycles. The molecule has 0 fully saturated rings. The van der Waals surface area contributed by atoms with Gasteiger partial charge in [0.15, 0.2) is 17.3 Å². The van der Waals surface area contributed by atoms with Crippen LogP contribution in [0.1, 0.15) is 47.2 Å². The average molecular weight is 541 g/mol. The molecule has 4 aromatic heterocycles. The molecule has 0 spiro atoms. The van der Waals surface area contributed by atoms with Gasteiger partial charge in [-0.3, -0.25) is 4.57 Å². The van der Waals surface area contributed by atoms with Crippen LogP contribution in [0, 0.1) is 0 Å². The van der Waals surface area contributed by atoms with Crippen LogP contribution in [0.5, 0.6) is 5.75 Å². The van der Waals surface area contributed by atoms with E-state index in [9.17, 15) is 5.11 Å². The summed E-state index contributed by atoms with van der Waals surface area (Å²) < 4.78 is 3.83. The molecule has 0 bridgehead atoms. The predicted molar refractivity (Wildman–Crippen MR) is 157 cm³/mol. The minimum atomic E-state index is 0.279. The monoisotopic (exact) mass is 540 g/mol. The molecule has 1 unspecified atom stereocenters. The van der Waals surface area contributed by atoms with Crippen LogP contribution in [-0.2, 0) is 12.8 Å². The molecule has 2 aliphatic rings. The van der Waals surface area contributed by atoms with Crippen molar-refractivity contribution in [3.8, 4) is 28.6 Å². The van der Waals surface area contributed by atoms with E-state index in [0.29, 0.717) is 29.3 Å². The van der Waals surface area contributed by atoms with E-state index in [2.05, 4.69) is 44.2 Å². The number of phenolic OH excluding ortho intramolecular Hbond substituents is 1. The van der Waals surface area contributed by atoms with Crippen molar-refractivity contribution >= 4 is 17.0 Å². The molecule has 9 nitrogen and oxygen atoms in total. The number of nitrogen functional groups attached to an aromatic ring is 1. The predicted octanol–water partition coefficient (Wildman–Crippen LogP) is 5.22. The normalized spacial score (nSPS) is 17.7. The number of rotatable bonds is 5. The Morgan fingerprint density at radius 1 is 0.854 bits per heavy atom. The minimum absolute atomic E-state index is 0.279. The Labute approximate surface area is 236 Å². The van der Waals surface area contributed by atoms with Crippen LogP contribution in [0.4, 0.5) is 5.82 Å². The van der Waals surface area contributed by atoms with Gasteiger partial charge >= 0.3 is 0 Å². The van der Waals surface area contributed by atoms with Crippen molar-refractivity contribution < 1.29 is 5.11 Å². The third-order valence-corrected chi connectivity index (χ3v) is 8.38. The summed E-state index contributed by atoms with van der Waals surface area (Å²) >= 11 is 0.